The monoisotopic (exact) mass is 457 g/mol. The van der Waals surface area contributed by atoms with Crippen molar-refractivity contribution < 1.29 is 29.3 Å². The van der Waals surface area contributed by atoms with Gasteiger partial charge >= 0.3 is 11.9 Å². The van der Waals surface area contributed by atoms with Crippen molar-refractivity contribution in [3.8, 4) is 11.5 Å². The maximum absolute atomic E-state index is 10.7. The number of carbonyl (C=O) groups is 2. The molecule has 4 rings (SSSR count). The van der Waals surface area contributed by atoms with Crippen molar-refractivity contribution in [3.63, 3.8) is 0 Å². The molecule has 1 heterocycles. The number of aromatic nitrogens is 1. The Morgan fingerprint density at radius 1 is 0.618 bits per heavy atom. The van der Waals surface area contributed by atoms with E-state index in [1.165, 1.54) is 0 Å². The van der Waals surface area contributed by atoms with Gasteiger partial charge in [-0.25, -0.2) is 9.59 Å². The Bertz CT molecular complexity index is 1080. The van der Waals surface area contributed by atoms with Crippen molar-refractivity contribution in [2.75, 3.05) is 0 Å². The zero-order chi connectivity index (χ0) is 24.2. The molecule has 0 bridgehead atoms. The first kappa shape index (κ1) is 24.0. The molecular weight excluding hydrogens is 434 g/mol. The fourth-order valence-electron chi connectivity index (χ4n) is 2.77. The number of nitrogens with zero attached hydrogens (tertiary/aromatic N) is 1. The van der Waals surface area contributed by atoms with Gasteiger partial charge in [0.1, 0.15) is 24.7 Å². The lowest BCUT2D eigenvalue weighted by Crippen LogP contribution is -1.98. The SMILES string of the molecule is O=C(O)c1ccc(COc2ccccc2)cc1.O=C(O)c1ccc(COc2cccnc2)cc1. The van der Waals surface area contributed by atoms with Crippen LogP contribution in [0, 0.1) is 0 Å². The van der Waals surface area contributed by atoms with Crippen molar-refractivity contribution in [2.24, 2.45) is 0 Å². The highest BCUT2D eigenvalue weighted by Crippen LogP contribution is 2.13. The quantitative estimate of drug-likeness (QED) is 0.369. The van der Waals surface area contributed by atoms with E-state index in [2.05, 4.69) is 4.98 Å². The highest BCUT2D eigenvalue weighted by molar-refractivity contribution is 5.87. The summed E-state index contributed by atoms with van der Waals surface area (Å²) >= 11 is 0. The van der Waals surface area contributed by atoms with Crippen LogP contribution in [0.3, 0.4) is 0 Å². The summed E-state index contributed by atoms with van der Waals surface area (Å²) < 4.78 is 11.0. The average molecular weight is 457 g/mol. The summed E-state index contributed by atoms with van der Waals surface area (Å²) in [4.78, 5) is 25.2. The molecule has 0 fully saturated rings. The molecule has 7 heteroatoms. The van der Waals surface area contributed by atoms with Gasteiger partial charge < -0.3 is 19.7 Å². The number of rotatable bonds is 8. The third kappa shape index (κ3) is 7.80. The second kappa shape index (κ2) is 12.4. The molecule has 0 unspecified atom stereocenters. The van der Waals surface area contributed by atoms with E-state index in [4.69, 9.17) is 19.7 Å². The molecule has 0 atom stereocenters. The van der Waals surface area contributed by atoms with Crippen molar-refractivity contribution in [2.45, 2.75) is 13.2 Å². The lowest BCUT2D eigenvalue weighted by molar-refractivity contribution is 0.0686. The largest absolute Gasteiger partial charge is 0.489 e. The molecule has 0 aliphatic carbocycles. The second-order valence-electron chi connectivity index (χ2n) is 7.08. The van der Waals surface area contributed by atoms with E-state index in [0.717, 1.165) is 16.9 Å². The van der Waals surface area contributed by atoms with E-state index < -0.39 is 11.9 Å². The summed E-state index contributed by atoms with van der Waals surface area (Å²) in [5.74, 6) is -0.352. The van der Waals surface area contributed by atoms with Crippen LogP contribution in [-0.4, -0.2) is 27.1 Å². The zero-order valence-electron chi connectivity index (χ0n) is 18.2. The summed E-state index contributed by atoms with van der Waals surface area (Å²) in [5, 5.41) is 17.5. The number of para-hydroxylation sites is 1. The molecule has 0 saturated heterocycles. The summed E-state index contributed by atoms with van der Waals surface area (Å²) in [6.45, 7) is 0.829. The summed E-state index contributed by atoms with van der Waals surface area (Å²) in [5.41, 5.74) is 2.42. The van der Waals surface area contributed by atoms with Gasteiger partial charge in [0.25, 0.3) is 0 Å². The van der Waals surface area contributed by atoms with Gasteiger partial charge in [-0.2, -0.15) is 0 Å². The topological polar surface area (TPSA) is 106 Å². The number of carboxylic acids is 2. The van der Waals surface area contributed by atoms with Crippen molar-refractivity contribution in [3.05, 3.63) is 126 Å². The molecule has 0 saturated carbocycles. The third-order valence-electron chi connectivity index (χ3n) is 4.59. The third-order valence-corrected chi connectivity index (χ3v) is 4.59. The Morgan fingerprint density at radius 2 is 1.09 bits per heavy atom. The van der Waals surface area contributed by atoms with Crippen molar-refractivity contribution >= 4 is 11.9 Å². The Balaban J connectivity index is 0.000000191. The summed E-state index contributed by atoms with van der Waals surface area (Å²) in [7, 11) is 0. The Morgan fingerprint density at radius 3 is 1.53 bits per heavy atom. The van der Waals surface area contributed by atoms with Gasteiger partial charge in [0, 0.05) is 6.20 Å². The van der Waals surface area contributed by atoms with Gasteiger partial charge in [0.15, 0.2) is 0 Å². The lowest BCUT2D eigenvalue weighted by Gasteiger charge is -2.06. The smallest absolute Gasteiger partial charge is 0.335 e. The van der Waals surface area contributed by atoms with Crippen LogP contribution >= 0.6 is 0 Å². The number of hydrogen-bond donors (Lipinski definition) is 2. The molecule has 2 N–H and O–H groups in total. The molecule has 0 aliphatic heterocycles. The van der Waals surface area contributed by atoms with Crippen LogP contribution < -0.4 is 9.47 Å². The first-order valence-corrected chi connectivity index (χ1v) is 10.4. The van der Waals surface area contributed by atoms with Crippen LogP contribution in [0.15, 0.2) is 103 Å². The van der Waals surface area contributed by atoms with E-state index >= 15 is 0 Å². The highest BCUT2D eigenvalue weighted by atomic mass is 16.5. The van der Waals surface area contributed by atoms with Gasteiger partial charge in [0.2, 0.25) is 0 Å². The Labute approximate surface area is 196 Å². The fourth-order valence-corrected chi connectivity index (χ4v) is 2.77. The van der Waals surface area contributed by atoms with Gasteiger partial charge in [-0.3, -0.25) is 4.98 Å². The van der Waals surface area contributed by atoms with E-state index in [0.29, 0.717) is 19.0 Å². The minimum absolute atomic E-state index is 0.273. The highest BCUT2D eigenvalue weighted by Gasteiger charge is 2.03. The number of ether oxygens (including phenoxy) is 2. The molecule has 3 aromatic carbocycles. The molecule has 7 nitrogen and oxygen atoms in total. The van der Waals surface area contributed by atoms with E-state index in [1.54, 1.807) is 67.0 Å². The Kier molecular flexibility index (Phi) is 8.76. The number of aromatic carboxylic acids is 2. The predicted octanol–water partition coefficient (Wildman–Crippen LogP) is 5.32. The number of hydrogen-bond acceptors (Lipinski definition) is 5. The molecule has 34 heavy (non-hydrogen) atoms. The molecule has 4 aromatic rings. The molecule has 172 valence electrons. The van der Waals surface area contributed by atoms with E-state index in [-0.39, 0.29) is 11.1 Å². The molecule has 0 aliphatic rings. The first-order chi connectivity index (χ1) is 16.5. The second-order valence-corrected chi connectivity index (χ2v) is 7.08. The zero-order valence-corrected chi connectivity index (χ0v) is 18.2. The standard InChI is InChI=1S/C14H12O3.C13H11NO3/c15-14(16)12-8-6-11(7-9-12)10-17-13-4-2-1-3-5-13;15-13(16)11-5-3-10(4-6-11)9-17-12-2-1-7-14-8-12/h1-9H,10H2,(H,15,16);1-8H,9H2,(H,15,16). The van der Waals surface area contributed by atoms with Crippen LogP contribution in [0.1, 0.15) is 31.8 Å². The minimum atomic E-state index is -0.926. The number of carboxylic acid groups (broad SMARTS) is 2. The van der Waals surface area contributed by atoms with Crippen LogP contribution in [0.5, 0.6) is 11.5 Å². The molecule has 0 spiro atoms. The summed E-state index contributed by atoms with van der Waals surface area (Å²) in [6.07, 6.45) is 3.31. The van der Waals surface area contributed by atoms with E-state index in [1.807, 2.05) is 36.4 Å². The predicted molar refractivity (Wildman–Crippen MR) is 126 cm³/mol. The molecule has 0 radical (unpaired) electrons. The average Bonchev–Trinajstić information content (AvgIpc) is 2.88. The molecule has 0 amide bonds. The summed E-state index contributed by atoms with van der Waals surface area (Å²) in [6, 6.07) is 26.4. The van der Waals surface area contributed by atoms with Crippen molar-refractivity contribution in [1.29, 1.82) is 0 Å². The van der Waals surface area contributed by atoms with Gasteiger partial charge in [-0.15, -0.1) is 0 Å². The first-order valence-electron chi connectivity index (χ1n) is 10.4. The van der Waals surface area contributed by atoms with Gasteiger partial charge in [-0.05, 0) is 59.7 Å². The van der Waals surface area contributed by atoms with Crippen molar-refractivity contribution in [1.82, 2.24) is 4.98 Å². The van der Waals surface area contributed by atoms with Crippen LogP contribution in [-0.2, 0) is 13.2 Å². The number of pyridine rings is 1. The molecular formula is C27H23NO6. The molecule has 1 aromatic heterocycles. The maximum Gasteiger partial charge on any atom is 0.335 e. The van der Waals surface area contributed by atoms with Gasteiger partial charge in [0.05, 0.1) is 17.3 Å². The van der Waals surface area contributed by atoms with Crippen LogP contribution in [0.4, 0.5) is 0 Å². The lowest BCUT2D eigenvalue weighted by atomic mass is 10.1. The van der Waals surface area contributed by atoms with Crippen LogP contribution in [0.2, 0.25) is 0 Å². The van der Waals surface area contributed by atoms with E-state index in [9.17, 15) is 9.59 Å². The maximum atomic E-state index is 10.7. The minimum Gasteiger partial charge on any atom is -0.489 e. The number of benzene rings is 3. The Hall–Kier alpha value is -4.65. The fraction of sp³-hybridized carbons (Fsp3) is 0.0741. The van der Waals surface area contributed by atoms with Crippen LogP contribution in [0.25, 0.3) is 0 Å². The normalized spacial score (nSPS) is 9.88. The van der Waals surface area contributed by atoms with Gasteiger partial charge in [-0.1, -0.05) is 42.5 Å².